The molecule has 0 radical (unpaired) electrons. The van der Waals surface area contributed by atoms with Crippen molar-refractivity contribution in [3.63, 3.8) is 0 Å². The molecule has 2 heterocycles. The number of aromatic hydroxyl groups is 1. The highest BCUT2D eigenvalue weighted by Crippen LogP contribution is 2.24. The molecule has 0 aliphatic rings. The second-order valence-electron chi connectivity index (χ2n) is 5.70. The number of phenols is 1. The van der Waals surface area contributed by atoms with Gasteiger partial charge >= 0.3 is 0 Å². The second-order valence-corrected chi connectivity index (χ2v) is 5.70. The normalized spacial score (nSPS) is 11.3. The number of nitrogens with one attached hydrogen (secondary N) is 2. The van der Waals surface area contributed by atoms with Crippen LogP contribution in [0.1, 0.15) is 28.7 Å². The molecule has 0 amide bonds. The summed E-state index contributed by atoms with van der Waals surface area (Å²) in [7, 11) is 0. The van der Waals surface area contributed by atoms with Gasteiger partial charge in [-0.05, 0) is 42.3 Å². The van der Waals surface area contributed by atoms with Crippen LogP contribution < -0.4 is 0 Å². The molecule has 2 aromatic carbocycles. The Morgan fingerprint density at radius 3 is 2.61 bits per heavy atom. The van der Waals surface area contributed by atoms with Crippen LogP contribution in [-0.2, 0) is 6.42 Å². The van der Waals surface area contributed by atoms with Crippen molar-refractivity contribution in [1.29, 1.82) is 0 Å². The Balaban J connectivity index is 1.81. The summed E-state index contributed by atoms with van der Waals surface area (Å²) >= 11 is 0. The fraction of sp³-hybridized carbons (Fsp3) is 0.105. The van der Waals surface area contributed by atoms with E-state index in [-0.39, 0.29) is 11.5 Å². The number of hydrogen-bond acceptors (Lipinski definition) is 2. The monoisotopic (exact) mass is 304 g/mol. The first kappa shape index (κ1) is 13.6. The van der Waals surface area contributed by atoms with Gasteiger partial charge in [-0.15, -0.1) is 0 Å². The molecule has 4 rings (SSSR count). The number of carbonyl (C=O) groups is 1. The predicted octanol–water partition coefficient (Wildman–Crippen LogP) is 4.15. The quantitative estimate of drug-likeness (QED) is 0.498. The highest BCUT2D eigenvalue weighted by atomic mass is 16.3. The molecule has 4 nitrogen and oxygen atoms in total. The SMILES string of the molecule is CCc1cccc2cc(C(=O)c3cc4cc(O)ccc4[nH]3)[nH]c12. The third-order valence-corrected chi connectivity index (χ3v) is 4.22. The third-order valence-electron chi connectivity index (χ3n) is 4.22. The van der Waals surface area contributed by atoms with Crippen molar-refractivity contribution in [1.82, 2.24) is 9.97 Å². The van der Waals surface area contributed by atoms with Crippen LogP contribution in [0.5, 0.6) is 5.75 Å². The van der Waals surface area contributed by atoms with Gasteiger partial charge in [0.1, 0.15) is 5.75 Å². The number of benzene rings is 2. The maximum absolute atomic E-state index is 12.7. The minimum Gasteiger partial charge on any atom is -0.508 e. The van der Waals surface area contributed by atoms with Crippen LogP contribution in [0.2, 0.25) is 0 Å². The van der Waals surface area contributed by atoms with Gasteiger partial charge in [0.05, 0.1) is 11.4 Å². The molecule has 4 heteroatoms. The van der Waals surface area contributed by atoms with Gasteiger partial charge in [0.15, 0.2) is 0 Å². The minimum absolute atomic E-state index is 0.0843. The molecule has 0 saturated heterocycles. The van der Waals surface area contributed by atoms with Crippen molar-refractivity contribution in [2.24, 2.45) is 0 Å². The van der Waals surface area contributed by atoms with Crippen LogP contribution in [0, 0.1) is 0 Å². The fourth-order valence-electron chi connectivity index (χ4n) is 3.02. The number of hydrogen-bond donors (Lipinski definition) is 3. The summed E-state index contributed by atoms with van der Waals surface area (Å²) < 4.78 is 0. The van der Waals surface area contributed by atoms with Crippen LogP contribution in [0.25, 0.3) is 21.8 Å². The first-order valence-electron chi connectivity index (χ1n) is 7.63. The van der Waals surface area contributed by atoms with Gasteiger partial charge in [-0.3, -0.25) is 4.79 Å². The molecule has 0 atom stereocenters. The first-order valence-corrected chi connectivity index (χ1v) is 7.63. The minimum atomic E-state index is -0.0843. The van der Waals surface area contributed by atoms with E-state index in [1.807, 2.05) is 18.2 Å². The Hall–Kier alpha value is -3.01. The molecular weight excluding hydrogens is 288 g/mol. The number of aromatic amines is 2. The number of ketones is 1. The zero-order valence-electron chi connectivity index (χ0n) is 12.7. The van der Waals surface area contributed by atoms with Crippen LogP contribution in [0.3, 0.4) is 0 Å². The molecule has 0 saturated carbocycles. The Morgan fingerprint density at radius 2 is 1.78 bits per heavy atom. The lowest BCUT2D eigenvalue weighted by molar-refractivity contribution is 0.103. The highest BCUT2D eigenvalue weighted by Gasteiger charge is 2.15. The average molecular weight is 304 g/mol. The Kier molecular flexibility index (Phi) is 2.98. The molecule has 3 N–H and O–H groups in total. The molecule has 2 aromatic heterocycles. The molecule has 0 bridgehead atoms. The van der Waals surface area contributed by atoms with E-state index in [2.05, 4.69) is 23.0 Å². The van der Waals surface area contributed by atoms with Gasteiger partial charge in [-0.2, -0.15) is 0 Å². The van der Waals surface area contributed by atoms with Crippen molar-refractivity contribution < 1.29 is 9.90 Å². The summed E-state index contributed by atoms with van der Waals surface area (Å²) in [6.07, 6.45) is 0.914. The third kappa shape index (κ3) is 2.19. The number of fused-ring (bicyclic) bond motifs is 2. The van der Waals surface area contributed by atoms with Crippen molar-refractivity contribution in [3.8, 4) is 5.75 Å². The standard InChI is InChI=1S/C19H16N2O2/c1-2-11-4-3-5-12-9-17(21-18(11)12)19(23)16-10-13-8-14(22)6-7-15(13)20-16/h3-10,20-22H,2H2,1H3. The van der Waals surface area contributed by atoms with Gasteiger partial charge < -0.3 is 15.1 Å². The number of aromatic nitrogens is 2. The molecule has 0 unspecified atom stereocenters. The van der Waals surface area contributed by atoms with Gasteiger partial charge in [0.2, 0.25) is 5.78 Å². The largest absolute Gasteiger partial charge is 0.508 e. The maximum Gasteiger partial charge on any atom is 0.225 e. The van der Waals surface area contributed by atoms with E-state index in [9.17, 15) is 9.90 Å². The van der Waals surface area contributed by atoms with Crippen molar-refractivity contribution in [2.45, 2.75) is 13.3 Å². The van der Waals surface area contributed by atoms with Gasteiger partial charge in [-0.1, -0.05) is 25.1 Å². The van der Waals surface area contributed by atoms with Gasteiger partial charge in [0.25, 0.3) is 0 Å². The first-order chi connectivity index (χ1) is 11.2. The van der Waals surface area contributed by atoms with E-state index in [4.69, 9.17) is 0 Å². The fourth-order valence-corrected chi connectivity index (χ4v) is 3.02. The van der Waals surface area contributed by atoms with Crippen LogP contribution >= 0.6 is 0 Å². The lowest BCUT2D eigenvalue weighted by atomic mass is 10.1. The maximum atomic E-state index is 12.7. The molecule has 23 heavy (non-hydrogen) atoms. The van der Waals surface area contributed by atoms with Gasteiger partial charge in [-0.25, -0.2) is 0 Å². The number of aryl methyl sites for hydroxylation is 1. The van der Waals surface area contributed by atoms with E-state index in [1.165, 1.54) is 5.56 Å². The van der Waals surface area contributed by atoms with E-state index >= 15 is 0 Å². The van der Waals surface area contributed by atoms with E-state index in [1.54, 1.807) is 24.3 Å². The number of rotatable bonds is 3. The topological polar surface area (TPSA) is 68.9 Å². The Labute approximate surface area is 132 Å². The van der Waals surface area contributed by atoms with Crippen molar-refractivity contribution in [2.75, 3.05) is 0 Å². The average Bonchev–Trinajstić information content (AvgIpc) is 3.16. The lowest BCUT2D eigenvalue weighted by Gasteiger charge is -1.98. The molecule has 0 aliphatic carbocycles. The summed E-state index contributed by atoms with van der Waals surface area (Å²) in [6.45, 7) is 2.10. The zero-order chi connectivity index (χ0) is 16.0. The summed E-state index contributed by atoms with van der Waals surface area (Å²) in [6, 6.07) is 14.7. The number of phenolic OH excluding ortho intramolecular Hbond substituents is 1. The van der Waals surface area contributed by atoms with Gasteiger partial charge in [0, 0.05) is 21.8 Å². The summed E-state index contributed by atoms with van der Waals surface area (Å²) in [5.74, 6) is 0.104. The highest BCUT2D eigenvalue weighted by molar-refractivity contribution is 6.11. The van der Waals surface area contributed by atoms with E-state index in [0.717, 1.165) is 28.2 Å². The Bertz CT molecular complexity index is 1040. The summed E-state index contributed by atoms with van der Waals surface area (Å²) in [4.78, 5) is 19.1. The van der Waals surface area contributed by atoms with E-state index < -0.39 is 0 Å². The summed E-state index contributed by atoms with van der Waals surface area (Å²) in [5.41, 5.74) is 4.12. The van der Waals surface area contributed by atoms with E-state index in [0.29, 0.717) is 11.4 Å². The van der Waals surface area contributed by atoms with Crippen molar-refractivity contribution >= 4 is 27.6 Å². The van der Waals surface area contributed by atoms with Crippen LogP contribution in [0.4, 0.5) is 0 Å². The molecule has 0 aliphatic heterocycles. The molecular formula is C19H16N2O2. The van der Waals surface area contributed by atoms with Crippen molar-refractivity contribution in [3.05, 3.63) is 65.5 Å². The smallest absolute Gasteiger partial charge is 0.225 e. The molecule has 0 spiro atoms. The molecule has 0 fully saturated rings. The molecule has 4 aromatic rings. The predicted molar refractivity (Wildman–Crippen MR) is 91.1 cm³/mol. The number of para-hydroxylation sites is 1. The van der Waals surface area contributed by atoms with Crippen LogP contribution in [0.15, 0.2) is 48.5 Å². The Morgan fingerprint density at radius 1 is 1.00 bits per heavy atom. The zero-order valence-corrected chi connectivity index (χ0v) is 12.7. The second kappa shape index (κ2) is 5.02. The molecule has 114 valence electrons. The summed E-state index contributed by atoms with van der Waals surface area (Å²) in [5, 5.41) is 11.4. The number of carbonyl (C=O) groups excluding carboxylic acids is 1. The number of H-pyrrole nitrogens is 2. The van der Waals surface area contributed by atoms with Crippen LogP contribution in [-0.4, -0.2) is 20.9 Å². The lowest BCUT2D eigenvalue weighted by Crippen LogP contribution is -2.01.